The molecule has 3 rings (SSSR count). The molecule has 0 radical (unpaired) electrons. The van der Waals surface area contributed by atoms with Crippen LogP contribution in [-0.2, 0) is 6.54 Å². The summed E-state index contributed by atoms with van der Waals surface area (Å²) in [6.45, 7) is 5.39. The molecule has 22 heavy (non-hydrogen) atoms. The second-order valence-corrected chi connectivity index (χ2v) is 6.53. The van der Waals surface area contributed by atoms with Crippen LogP contribution in [0, 0.1) is 5.92 Å². The Hall–Kier alpha value is -1.86. The summed E-state index contributed by atoms with van der Waals surface area (Å²) in [6.07, 6.45) is 7.05. The van der Waals surface area contributed by atoms with Crippen LogP contribution in [0.4, 0.5) is 5.13 Å². The maximum Gasteiger partial charge on any atom is 0.277 e. The lowest BCUT2D eigenvalue weighted by molar-refractivity contribution is 0.102. The van der Waals surface area contributed by atoms with Crippen molar-refractivity contribution in [3.8, 4) is 0 Å². The lowest BCUT2D eigenvalue weighted by Gasteiger charge is -2.30. The van der Waals surface area contributed by atoms with Gasteiger partial charge in [0.2, 0.25) is 0 Å². The average molecular weight is 317 g/mol. The largest absolute Gasteiger partial charge is 0.297 e. The Morgan fingerprint density at radius 2 is 2.41 bits per heavy atom. The number of hydrogen-bond acceptors (Lipinski definition) is 6. The van der Waals surface area contributed by atoms with Crippen LogP contribution in [0.15, 0.2) is 24.0 Å². The smallest absolute Gasteiger partial charge is 0.277 e. The van der Waals surface area contributed by atoms with Gasteiger partial charge in [-0.2, -0.15) is 0 Å². The topological polar surface area (TPSA) is 71.0 Å². The molecule has 0 aromatic carbocycles. The Morgan fingerprint density at radius 3 is 3.18 bits per heavy atom. The van der Waals surface area contributed by atoms with Crippen molar-refractivity contribution in [1.82, 2.24) is 19.9 Å². The van der Waals surface area contributed by atoms with Crippen molar-refractivity contribution >= 4 is 22.4 Å². The maximum atomic E-state index is 12.0. The fraction of sp³-hybridized carbons (Fsp3) is 0.467. The molecule has 116 valence electrons. The molecule has 0 bridgehead atoms. The van der Waals surface area contributed by atoms with Gasteiger partial charge in [0.1, 0.15) is 5.69 Å². The van der Waals surface area contributed by atoms with Crippen LogP contribution in [0.1, 0.15) is 35.9 Å². The summed E-state index contributed by atoms with van der Waals surface area (Å²) < 4.78 is 0. The third kappa shape index (κ3) is 3.86. The molecule has 3 heterocycles. The van der Waals surface area contributed by atoms with Crippen LogP contribution < -0.4 is 5.32 Å². The molecular formula is C15H19N5OS. The van der Waals surface area contributed by atoms with Crippen molar-refractivity contribution in [3.05, 3.63) is 35.4 Å². The van der Waals surface area contributed by atoms with Gasteiger partial charge in [0.15, 0.2) is 5.13 Å². The van der Waals surface area contributed by atoms with E-state index in [4.69, 9.17) is 0 Å². The van der Waals surface area contributed by atoms with Gasteiger partial charge in [0.05, 0.1) is 11.9 Å². The van der Waals surface area contributed by atoms with Crippen LogP contribution in [0.3, 0.4) is 0 Å². The Labute approximate surface area is 133 Å². The van der Waals surface area contributed by atoms with Gasteiger partial charge in [-0.1, -0.05) is 6.92 Å². The van der Waals surface area contributed by atoms with E-state index in [9.17, 15) is 4.79 Å². The van der Waals surface area contributed by atoms with Crippen molar-refractivity contribution in [2.24, 2.45) is 5.92 Å². The van der Waals surface area contributed by atoms with Crippen molar-refractivity contribution in [3.63, 3.8) is 0 Å². The van der Waals surface area contributed by atoms with Gasteiger partial charge < -0.3 is 0 Å². The van der Waals surface area contributed by atoms with E-state index in [0.29, 0.717) is 10.8 Å². The van der Waals surface area contributed by atoms with Gasteiger partial charge in [-0.05, 0) is 25.3 Å². The summed E-state index contributed by atoms with van der Waals surface area (Å²) in [5.41, 5.74) is 1.30. The van der Waals surface area contributed by atoms with E-state index in [0.717, 1.165) is 31.2 Å². The minimum Gasteiger partial charge on any atom is -0.297 e. The monoisotopic (exact) mass is 317 g/mol. The number of aromatic nitrogens is 3. The molecule has 1 atom stereocenters. The van der Waals surface area contributed by atoms with Gasteiger partial charge in [-0.3, -0.25) is 20.0 Å². The number of thiazole rings is 1. The Balaban J connectivity index is 1.58. The van der Waals surface area contributed by atoms with Crippen molar-refractivity contribution in [2.75, 3.05) is 18.4 Å². The molecule has 1 N–H and O–H groups in total. The van der Waals surface area contributed by atoms with Crippen LogP contribution in [0.25, 0.3) is 0 Å². The number of nitrogens with one attached hydrogen (secondary N) is 1. The summed E-state index contributed by atoms with van der Waals surface area (Å²) in [5.74, 6) is 0.476. The molecule has 0 aliphatic carbocycles. The minimum absolute atomic E-state index is 0.277. The second kappa shape index (κ2) is 6.93. The number of nitrogens with zero attached hydrogens (tertiary/aromatic N) is 4. The summed E-state index contributed by atoms with van der Waals surface area (Å²) in [7, 11) is 0. The Morgan fingerprint density at radius 1 is 1.50 bits per heavy atom. The maximum absolute atomic E-state index is 12.0. The molecule has 1 saturated heterocycles. The zero-order valence-electron chi connectivity index (χ0n) is 12.5. The first-order chi connectivity index (χ1) is 10.7. The highest BCUT2D eigenvalue weighted by molar-refractivity contribution is 7.13. The molecule has 1 aliphatic heterocycles. The van der Waals surface area contributed by atoms with Gasteiger partial charge in [-0.15, -0.1) is 11.3 Å². The molecular weight excluding hydrogens is 298 g/mol. The Bertz CT molecular complexity index is 630. The number of amides is 1. The molecule has 2 aromatic rings. The summed E-state index contributed by atoms with van der Waals surface area (Å²) in [6, 6.07) is 0. The molecule has 1 aliphatic rings. The lowest BCUT2D eigenvalue weighted by Crippen LogP contribution is -2.33. The molecule has 0 saturated carbocycles. The number of hydrogen-bond donors (Lipinski definition) is 1. The summed E-state index contributed by atoms with van der Waals surface area (Å²) in [4.78, 5) is 26.8. The number of piperidine rings is 1. The van der Waals surface area contributed by atoms with E-state index in [2.05, 4.69) is 32.1 Å². The Kier molecular flexibility index (Phi) is 4.74. The minimum atomic E-state index is -0.277. The summed E-state index contributed by atoms with van der Waals surface area (Å²) >= 11 is 1.44. The SMILES string of the molecule is C[C@@H]1CCCN(Cc2csc(NC(=O)c3cnccn3)n2)C1. The highest BCUT2D eigenvalue weighted by atomic mass is 32.1. The molecule has 1 fully saturated rings. The third-order valence-corrected chi connectivity index (χ3v) is 4.50. The van der Waals surface area contributed by atoms with E-state index < -0.39 is 0 Å². The van der Waals surface area contributed by atoms with E-state index in [1.807, 2.05) is 5.38 Å². The zero-order chi connectivity index (χ0) is 15.4. The van der Waals surface area contributed by atoms with Crippen molar-refractivity contribution in [1.29, 1.82) is 0 Å². The van der Waals surface area contributed by atoms with Gasteiger partial charge >= 0.3 is 0 Å². The standard InChI is InChI=1S/C15H19N5OS/c1-11-3-2-6-20(8-11)9-12-10-22-15(18-12)19-14(21)13-7-16-4-5-17-13/h4-5,7,10-11H,2-3,6,8-9H2,1H3,(H,18,19,21)/t11-/m1/s1. The quantitative estimate of drug-likeness (QED) is 0.937. The van der Waals surface area contributed by atoms with Gasteiger partial charge in [0, 0.05) is 30.9 Å². The highest BCUT2D eigenvalue weighted by Crippen LogP contribution is 2.21. The molecule has 1 amide bonds. The third-order valence-electron chi connectivity index (χ3n) is 3.69. The van der Waals surface area contributed by atoms with E-state index in [1.54, 1.807) is 0 Å². The number of carbonyl (C=O) groups excluding carboxylic acids is 1. The van der Waals surface area contributed by atoms with Crippen molar-refractivity contribution < 1.29 is 4.79 Å². The van der Waals surface area contributed by atoms with E-state index in [1.165, 1.54) is 42.8 Å². The molecule has 7 heteroatoms. The molecule has 6 nitrogen and oxygen atoms in total. The first-order valence-corrected chi connectivity index (χ1v) is 8.33. The first kappa shape index (κ1) is 15.1. The van der Waals surface area contributed by atoms with Gasteiger partial charge in [0.25, 0.3) is 5.91 Å². The molecule has 2 aromatic heterocycles. The van der Waals surface area contributed by atoms with Crippen LogP contribution in [0.5, 0.6) is 0 Å². The predicted octanol–water partition coefficient (Wildman–Crippen LogP) is 2.42. The summed E-state index contributed by atoms with van der Waals surface area (Å²) in [5, 5.41) is 5.38. The number of anilines is 1. The van der Waals surface area contributed by atoms with Crippen LogP contribution in [-0.4, -0.2) is 38.8 Å². The van der Waals surface area contributed by atoms with Crippen molar-refractivity contribution in [2.45, 2.75) is 26.3 Å². The average Bonchev–Trinajstić information content (AvgIpc) is 2.95. The number of rotatable bonds is 4. The second-order valence-electron chi connectivity index (χ2n) is 5.67. The normalized spacial score (nSPS) is 19.0. The molecule has 0 spiro atoms. The zero-order valence-corrected chi connectivity index (χ0v) is 13.3. The fourth-order valence-electron chi connectivity index (χ4n) is 2.67. The van der Waals surface area contributed by atoms with Crippen LogP contribution >= 0.6 is 11.3 Å². The van der Waals surface area contributed by atoms with E-state index >= 15 is 0 Å². The first-order valence-electron chi connectivity index (χ1n) is 7.45. The molecule has 0 unspecified atom stereocenters. The van der Waals surface area contributed by atoms with Gasteiger partial charge in [-0.25, -0.2) is 9.97 Å². The van der Waals surface area contributed by atoms with E-state index in [-0.39, 0.29) is 5.91 Å². The fourth-order valence-corrected chi connectivity index (χ4v) is 3.37. The number of carbonyl (C=O) groups is 1. The predicted molar refractivity (Wildman–Crippen MR) is 85.8 cm³/mol. The van der Waals surface area contributed by atoms with Crippen LogP contribution in [0.2, 0.25) is 0 Å². The number of likely N-dealkylation sites (tertiary alicyclic amines) is 1. The highest BCUT2D eigenvalue weighted by Gasteiger charge is 2.17. The lowest BCUT2D eigenvalue weighted by atomic mass is 10.0.